The van der Waals surface area contributed by atoms with Gasteiger partial charge in [-0.1, -0.05) is 25.4 Å². The van der Waals surface area contributed by atoms with Crippen LogP contribution in [0.5, 0.6) is 11.9 Å². The molecule has 3 rings (SSSR count). The summed E-state index contributed by atoms with van der Waals surface area (Å²) in [6, 6.07) is 2.21. The van der Waals surface area contributed by atoms with E-state index in [1.807, 2.05) is 6.07 Å². The molecule has 122 valence electrons. The van der Waals surface area contributed by atoms with Gasteiger partial charge in [-0.15, -0.1) is 10.2 Å². The van der Waals surface area contributed by atoms with Crippen molar-refractivity contribution in [2.24, 2.45) is 11.8 Å². The molecule has 0 aliphatic heterocycles. The Bertz CT molecular complexity index is 723. The van der Waals surface area contributed by atoms with Crippen LogP contribution in [-0.2, 0) is 0 Å². The molecule has 0 saturated heterocycles. The van der Waals surface area contributed by atoms with E-state index in [0.717, 1.165) is 12.0 Å². The Balaban J connectivity index is 1.98. The van der Waals surface area contributed by atoms with Gasteiger partial charge in [0.2, 0.25) is 5.88 Å². The van der Waals surface area contributed by atoms with Crippen molar-refractivity contribution < 1.29 is 9.47 Å². The SMILES string of the molecule is COc1ncc(-c2cc([C@H]3C[C@@H]3C(C)C)c(Cl)nn2)c(OC)n1. The van der Waals surface area contributed by atoms with Crippen molar-refractivity contribution in [3.63, 3.8) is 0 Å². The molecule has 0 spiro atoms. The summed E-state index contributed by atoms with van der Waals surface area (Å²) in [6.45, 7) is 4.46. The zero-order chi connectivity index (χ0) is 16.6. The molecule has 7 heteroatoms. The first-order valence-electron chi connectivity index (χ1n) is 7.53. The third kappa shape index (κ3) is 3.08. The fourth-order valence-corrected chi connectivity index (χ4v) is 3.10. The number of halogens is 1. The van der Waals surface area contributed by atoms with E-state index in [4.69, 9.17) is 21.1 Å². The Labute approximate surface area is 140 Å². The van der Waals surface area contributed by atoms with Gasteiger partial charge in [0.15, 0.2) is 5.15 Å². The Morgan fingerprint density at radius 1 is 1.22 bits per heavy atom. The summed E-state index contributed by atoms with van der Waals surface area (Å²) in [5.41, 5.74) is 2.35. The molecule has 1 fully saturated rings. The minimum absolute atomic E-state index is 0.245. The number of methoxy groups -OCH3 is 2. The summed E-state index contributed by atoms with van der Waals surface area (Å²) in [7, 11) is 3.05. The van der Waals surface area contributed by atoms with Crippen molar-refractivity contribution in [2.45, 2.75) is 26.2 Å². The van der Waals surface area contributed by atoms with E-state index in [2.05, 4.69) is 34.0 Å². The fourth-order valence-electron chi connectivity index (χ4n) is 2.87. The lowest BCUT2D eigenvalue weighted by molar-refractivity contribution is 0.353. The zero-order valence-electron chi connectivity index (χ0n) is 13.6. The second kappa shape index (κ2) is 6.28. The van der Waals surface area contributed by atoms with Crippen molar-refractivity contribution in [3.05, 3.63) is 23.0 Å². The van der Waals surface area contributed by atoms with E-state index < -0.39 is 0 Å². The van der Waals surface area contributed by atoms with Gasteiger partial charge in [-0.25, -0.2) is 4.98 Å². The number of hydrogen-bond donors (Lipinski definition) is 0. The highest BCUT2D eigenvalue weighted by Crippen LogP contribution is 2.53. The normalized spacial score (nSPS) is 19.7. The van der Waals surface area contributed by atoms with Gasteiger partial charge in [0, 0.05) is 6.20 Å². The largest absolute Gasteiger partial charge is 0.480 e. The predicted octanol–water partition coefficient (Wildman–Crippen LogP) is 3.36. The highest BCUT2D eigenvalue weighted by atomic mass is 35.5. The summed E-state index contributed by atoms with van der Waals surface area (Å²) >= 11 is 6.25. The Hall–Kier alpha value is -1.95. The first-order valence-corrected chi connectivity index (χ1v) is 7.91. The van der Waals surface area contributed by atoms with Crippen LogP contribution in [0, 0.1) is 11.8 Å². The van der Waals surface area contributed by atoms with Crippen LogP contribution < -0.4 is 9.47 Å². The molecule has 2 heterocycles. The molecule has 1 saturated carbocycles. The van der Waals surface area contributed by atoms with Crippen molar-refractivity contribution in [3.8, 4) is 23.1 Å². The predicted molar refractivity (Wildman–Crippen MR) is 86.9 cm³/mol. The van der Waals surface area contributed by atoms with Gasteiger partial charge in [0.25, 0.3) is 0 Å². The van der Waals surface area contributed by atoms with E-state index >= 15 is 0 Å². The minimum Gasteiger partial charge on any atom is -0.480 e. The number of hydrogen-bond acceptors (Lipinski definition) is 6. The molecule has 0 N–H and O–H groups in total. The first-order chi connectivity index (χ1) is 11.0. The summed E-state index contributed by atoms with van der Waals surface area (Å²) in [5, 5.41) is 8.74. The van der Waals surface area contributed by atoms with Crippen LogP contribution in [-0.4, -0.2) is 34.4 Å². The van der Waals surface area contributed by atoms with Crippen LogP contribution >= 0.6 is 11.6 Å². The number of nitrogens with zero attached hydrogens (tertiary/aromatic N) is 4. The molecule has 23 heavy (non-hydrogen) atoms. The lowest BCUT2D eigenvalue weighted by atomic mass is 10.0. The molecule has 0 bridgehead atoms. The van der Waals surface area contributed by atoms with Crippen LogP contribution in [0.1, 0.15) is 31.7 Å². The monoisotopic (exact) mass is 334 g/mol. The van der Waals surface area contributed by atoms with Crippen LogP contribution in [0.4, 0.5) is 0 Å². The molecule has 0 amide bonds. The number of aromatic nitrogens is 4. The maximum atomic E-state index is 6.25. The zero-order valence-corrected chi connectivity index (χ0v) is 14.3. The Morgan fingerprint density at radius 3 is 2.61 bits per heavy atom. The van der Waals surface area contributed by atoms with Crippen molar-refractivity contribution in [1.82, 2.24) is 20.2 Å². The third-order valence-corrected chi connectivity index (χ3v) is 4.55. The van der Waals surface area contributed by atoms with Crippen molar-refractivity contribution in [2.75, 3.05) is 14.2 Å². The van der Waals surface area contributed by atoms with E-state index in [1.54, 1.807) is 13.3 Å². The molecule has 1 aliphatic carbocycles. The van der Waals surface area contributed by atoms with Gasteiger partial charge in [-0.3, -0.25) is 0 Å². The fraction of sp³-hybridized carbons (Fsp3) is 0.500. The standard InChI is InChI=1S/C16H19ClN4O2/c1-8(2)9-5-10(9)11-6-13(20-21-14(11)17)12-7-18-16(23-4)19-15(12)22-3/h6-10H,5H2,1-4H3/t9-,10+/m1/s1. The van der Waals surface area contributed by atoms with Crippen LogP contribution in [0.3, 0.4) is 0 Å². The molecule has 0 unspecified atom stereocenters. The summed E-state index contributed by atoms with van der Waals surface area (Å²) in [5.74, 6) is 2.13. The van der Waals surface area contributed by atoms with Crippen LogP contribution in [0.2, 0.25) is 5.15 Å². The highest BCUT2D eigenvalue weighted by molar-refractivity contribution is 6.30. The number of ether oxygens (including phenoxy) is 2. The topological polar surface area (TPSA) is 70.0 Å². The van der Waals surface area contributed by atoms with E-state index in [1.165, 1.54) is 7.11 Å². The second-order valence-electron chi connectivity index (χ2n) is 6.01. The summed E-state index contributed by atoms with van der Waals surface area (Å²) in [4.78, 5) is 8.31. The number of rotatable bonds is 5. The molecule has 1 aliphatic rings. The highest BCUT2D eigenvalue weighted by Gasteiger charge is 2.42. The van der Waals surface area contributed by atoms with Gasteiger partial charge >= 0.3 is 6.01 Å². The molecule has 2 atom stereocenters. The van der Waals surface area contributed by atoms with Crippen LogP contribution in [0.25, 0.3) is 11.3 Å². The molecule has 2 aromatic heterocycles. The molecule has 2 aromatic rings. The van der Waals surface area contributed by atoms with Crippen LogP contribution in [0.15, 0.2) is 12.3 Å². The summed E-state index contributed by atoms with van der Waals surface area (Å²) in [6.07, 6.45) is 2.76. The van der Waals surface area contributed by atoms with E-state index in [9.17, 15) is 0 Å². The van der Waals surface area contributed by atoms with Crippen molar-refractivity contribution >= 4 is 11.6 Å². The molecule has 0 radical (unpaired) electrons. The van der Waals surface area contributed by atoms with E-state index in [0.29, 0.717) is 40.0 Å². The molecular weight excluding hydrogens is 316 g/mol. The quantitative estimate of drug-likeness (QED) is 0.835. The molecular formula is C16H19ClN4O2. The average molecular weight is 335 g/mol. The van der Waals surface area contributed by atoms with Gasteiger partial charge in [-0.05, 0) is 35.8 Å². The van der Waals surface area contributed by atoms with Gasteiger partial charge < -0.3 is 9.47 Å². The van der Waals surface area contributed by atoms with E-state index in [-0.39, 0.29) is 6.01 Å². The third-order valence-electron chi connectivity index (χ3n) is 4.26. The average Bonchev–Trinajstić information content (AvgIpc) is 3.35. The minimum atomic E-state index is 0.245. The summed E-state index contributed by atoms with van der Waals surface area (Å²) < 4.78 is 10.3. The van der Waals surface area contributed by atoms with Crippen molar-refractivity contribution in [1.29, 1.82) is 0 Å². The van der Waals surface area contributed by atoms with Gasteiger partial charge in [0.1, 0.15) is 5.69 Å². The second-order valence-corrected chi connectivity index (χ2v) is 6.36. The molecule has 6 nitrogen and oxygen atoms in total. The maximum Gasteiger partial charge on any atom is 0.319 e. The first kappa shape index (κ1) is 15.9. The van der Waals surface area contributed by atoms with Gasteiger partial charge in [-0.2, -0.15) is 4.98 Å². The lowest BCUT2D eigenvalue weighted by Crippen LogP contribution is -2.01. The lowest BCUT2D eigenvalue weighted by Gasteiger charge is -2.10. The Morgan fingerprint density at radius 2 is 2.00 bits per heavy atom. The smallest absolute Gasteiger partial charge is 0.319 e. The maximum absolute atomic E-state index is 6.25. The molecule has 0 aromatic carbocycles. The Kier molecular flexibility index (Phi) is 4.35. The van der Waals surface area contributed by atoms with Gasteiger partial charge in [0.05, 0.1) is 19.8 Å².